The predicted octanol–water partition coefficient (Wildman–Crippen LogP) is 7.52. The summed E-state index contributed by atoms with van der Waals surface area (Å²) in [6, 6.07) is 23.1. The molecule has 194 valence electrons. The van der Waals surface area contributed by atoms with Crippen LogP contribution < -0.4 is 15.0 Å². The van der Waals surface area contributed by atoms with Crippen LogP contribution >= 0.6 is 31.0 Å². The minimum Gasteiger partial charge on any atom is -0.489 e. The maximum Gasteiger partial charge on any atom is 0.379 e. The summed E-state index contributed by atoms with van der Waals surface area (Å²) in [5.74, 6) is 1.02. The summed E-state index contributed by atoms with van der Waals surface area (Å²) in [5, 5.41) is 10.6. The Bertz CT molecular complexity index is 1160. The number of hydrogen-bond donors (Lipinski definition) is 2. The van der Waals surface area contributed by atoms with Gasteiger partial charge in [0.15, 0.2) is 0 Å². The van der Waals surface area contributed by atoms with Crippen LogP contribution in [0.25, 0.3) is 0 Å². The third kappa shape index (κ3) is 9.15. The molecule has 3 aromatic carbocycles. The van der Waals surface area contributed by atoms with Gasteiger partial charge >= 0.3 is 7.60 Å². The fraction of sp³-hybridized carbons (Fsp3) is 0.333. The van der Waals surface area contributed by atoms with Crippen molar-refractivity contribution in [2.24, 2.45) is 5.73 Å². The summed E-state index contributed by atoms with van der Waals surface area (Å²) >= 11 is 7.97. The highest BCUT2D eigenvalue weighted by Crippen LogP contribution is 2.50. The van der Waals surface area contributed by atoms with Gasteiger partial charge in [0.05, 0.1) is 11.2 Å². The second-order valence-electron chi connectivity index (χ2n) is 8.51. The van der Waals surface area contributed by atoms with Crippen LogP contribution in [0, 0.1) is 0 Å². The van der Waals surface area contributed by atoms with E-state index in [-0.39, 0.29) is 18.3 Å². The van der Waals surface area contributed by atoms with Crippen molar-refractivity contribution in [2.75, 3.05) is 13.3 Å². The number of halogens is 1. The zero-order chi connectivity index (χ0) is 26.0. The Morgan fingerprint density at radius 3 is 2.47 bits per heavy atom. The molecule has 0 amide bonds. The minimum absolute atomic E-state index is 0.0250. The fourth-order valence-electron chi connectivity index (χ4n) is 3.39. The van der Waals surface area contributed by atoms with E-state index < -0.39 is 13.3 Å². The average Bonchev–Trinajstić information content (AvgIpc) is 2.88. The van der Waals surface area contributed by atoms with E-state index in [1.54, 1.807) is 12.1 Å². The molecule has 3 N–H and O–H groups in total. The van der Waals surface area contributed by atoms with Crippen LogP contribution in [0.5, 0.6) is 11.5 Å². The normalized spacial score (nSPS) is 14.6. The van der Waals surface area contributed by atoms with E-state index >= 15 is 0 Å². The van der Waals surface area contributed by atoms with Crippen LogP contribution in [-0.2, 0) is 15.7 Å². The first-order chi connectivity index (χ1) is 17.2. The molecule has 0 heterocycles. The molecule has 3 rings (SSSR count). The second-order valence-corrected chi connectivity index (χ2v) is 12.3. The number of rotatable bonds is 14. The molecule has 0 saturated carbocycles. The lowest BCUT2D eigenvalue weighted by atomic mass is 10.0. The zero-order valence-electron chi connectivity index (χ0n) is 20.6. The van der Waals surface area contributed by atoms with Crippen molar-refractivity contribution >= 4 is 31.0 Å². The molecule has 0 spiro atoms. The second kappa shape index (κ2) is 13.5. The van der Waals surface area contributed by atoms with Crippen molar-refractivity contribution in [1.82, 2.24) is 0 Å². The molecule has 0 aliphatic carbocycles. The lowest BCUT2D eigenvalue weighted by Gasteiger charge is -2.25. The van der Waals surface area contributed by atoms with Gasteiger partial charge in [0.1, 0.15) is 23.8 Å². The number of benzene rings is 3. The molecule has 6 nitrogen and oxygen atoms in total. The Labute approximate surface area is 222 Å². The van der Waals surface area contributed by atoms with Crippen LogP contribution in [0.4, 0.5) is 0 Å². The van der Waals surface area contributed by atoms with Crippen LogP contribution in [0.15, 0.2) is 82.6 Å². The molecule has 0 saturated heterocycles. The molecule has 3 aromatic rings. The first-order valence-electron chi connectivity index (χ1n) is 11.8. The first kappa shape index (κ1) is 28.6. The molecular formula is C27H33ClNO5PS. The van der Waals surface area contributed by atoms with Crippen molar-refractivity contribution < 1.29 is 23.5 Å². The fourth-order valence-corrected chi connectivity index (χ4v) is 6.10. The van der Waals surface area contributed by atoms with Gasteiger partial charge in [0.25, 0.3) is 0 Å². The molecule has 0 fully saturated rings. The summed E-state index contributed by atoms with van der Waals surface area (Å²) in [5.41, 5.74) is 5.61. The summed E-state index contributed by atoms with van der Waals surface area (Å²) in [6.45, 7) is 2.51. The van der Waals surface area contributed by atoms with Crippen LogP contribution in [0.3, 0.4) is 0 Å². The Morgan fingerprint density at radius 2 is 1.78 bits per heavy atom. The third-order valence-corrected chi connectivity index (χ3v) is 8.57. The largest absolute Gasteiger partial charge is 0.489 e. The molecule has 0 bridgehead atoms. The van der Waals surface area contributed by atoms with E-state index in [4.69, 9.17) is 31.1 Å². The summed E-state index contributed by atoms with van der Waals surface area (Å²) in [4.78, 5) is 1.87. The van der Waals surface area contributed by atoms with Crippen LogP contribution in [0.2, 0.25) is 5.02 Å². The molecule has 2 unspecified atom stereocenters. The SMILES string of the molecule is CCCCC(N)(O)CCP(=O)(OC)Oc1ccc(Sc2cccc(OCc3ccccc3)c2)cc1Cl. The quantitative estimate of drug-likeness (QED) is 0.159. The highest BCUT2D eigenvalue weighted by Gasteiger charge is 2.31. The highest BCUT2D eigenvalue weighted by atomic mass is 35.5. The molecule has 9 heteroatoms. The van der Waals surface area contributed by atoms with E-state index in [1.165, 1.54) is 18.9 Å². The number of aliphatic hydroxyl groups is 1. The summed E-state index contributed by atoms with van der Waals surface area (Å²) < 4.78 is 29.9. The van der Waals surface area contributed by atoms with Crippen molar-refractivity contribution in [3.05, 3.63) is 83.4 Å². The van der Waals surface area contributed by atoms with Crippen molar-refractivity contribution in [3.8, 4) is 11.5 Å². The van der Waals surface area contributed by atoms with Gasteiger partial charge < -0.3 is 24.6 Å². The molecule has 0 aliphatic rings. The van der Waals surface area contributed by atoms with Crippen LogP contribution in [0.1, 0.15) is 38.2 Å². The maximum absolute atomic E-state index is 13.1. The lowest BCUT2D eigenvalue weighted by molar-refractivity contribution is 0.0314. The van der Waals surface area contributed by atoms with Crippen molar-refractivity contribution in [2.45, 2.75) is 54.7 Å². The Hall–Kier alpha value is -1.99. The molecule has 2 atom stereocenters. The monoisotopic (exact) mass is 549 g/mol. The Kier molecular flexibility index (Phi) is 10.7. The summed E-state index contributed by atoms with van der Waals surface area (Å²) in [7, 11) is -2.23. The summed E-state index contributed by atoms with van der Waals surface area (Å²) in [6.07, 6.45) is 2.16. The van der Waals surface area contributed by atoms with Gasteiger partial charge in [-0.2, -0.15) is 0 Å². The van der Waals surface area contributed by atoms with E-state index in [9.17, 15) is 9.67 Å². The number of ether oxygens (including phenoxy) is 1. The zero-order valence-corrected chi connectivity index (χ0v) is 23.0. The minimum atomic E-state index is -3.55. The lowest BCUT2D eigenvalue weighted by Crippen LogP contribution is -2.40. The van der Waals surface area contributed by atoms with Gasteiger partial charge in [0, 0.05) is 23.3 Å². The van der Waals surface area contributed by atoms with Gasteiger partial charge in [-0.1, -0.05) is 73.1 Å². The third-order valence-electron chi connectivity index (χ3n) is 5.49. The topological polar surface area (TPSA) is 91.0 Å². The van der Waals surface area contributed by atoms with Crippen molar-refractivity contribution in [1.29, 1.82) is 0 Å². The number of hydrogen-bond acceptors (Lipinski definition) is 7. The van der Waals surface area contributed by atoms with Crippen molar-refractivity contribution in [3.63, 3.8) is 0 Å². The van der Waals surface area contributed by atoms with Gasteiger partial charge in [-0.05, 0) is 54.8 Å². The predicted molar refractivity (Wildman–Crippen MR) is 146 cm³/mol. The van der Waals surface area contributed by atoms with E-state index in [1.807, 2.05) is 67.6 Å². The highest BCUT2D eigenvalue weighted by molar-refractivity contribution is 7.99. The van der Waals surface area contributed by atoms with E-state index in [0.717, 1.165) is 33.9 Å². The van der Waals surface area contributed by atoms with Gasteiger partial charge in [0.2, 0.25) is 0 Å². The molecule has 36 heavy (non-hydrogen) atoms. The molecule has 0 aliphatic heterocycles. The van der Waals surface area contributed by atoms with Gasteiger partial charge in [-0.3, -0.25) is 0 Å². The first-order valence-corrected chi connectivity index (χ1v) is 14.7. The smallest absolute Gasteiger partial charge is 0.379 e. The molecule has 0 radical (unpaired) electrons. The van der Waals surface area contributed by atoms with Gasteiger partial charge in [-0.15, -0.1) is 0 Å². The number of unbranched alkanes of at least 4 members (excludes halogenated alkanes) is 1. The molecule has 0 aromatic heterocycles. The Balaban J connectivity index is 1.61. The van der Waals surface area contributed by atoms with E-state index in [2.05, 4.69) is 0 Å². The standard InChI is InChI=1S/C27H33ClNO5PS/c1-3-4-15-27(29,30)16-17-35(31,32-2)34-26-14-13-24(19-25(26)28)36-23-12-8-11-22(18-23)33-20-21-9-6-5-7-10-21/h5-14,18-19,30H,3-4,15-17,20,29H2,1-2H3. The average molecular weight is 550 g/mol. The van der Waals surface area contributed by atoms with E-state index in [0.29, 0.717) is 18.1 Å². The number of nitrogens with two attached hydrogens (primary N) is 1. The van der Waals surface area contributed by atoms with Crippen LogP contribution in [-0.4, -0.2) is 24.1 Å². The molecular weight excluding hydrogens is 517 g/mol. The maximum atomic E-state index is 13.1. The Morgan fingerprint density at radius 1 is 1.03 bits per heavy atom. The van der Waals surface area contributed by atoms with Gasteiger partial charge in [-0.25, -0.2) is 4.57 Å².